The minimum Gasteiger partial charge on any atom is -0.396 e. The second-order valence-electron chi connectivity index (χ2n) is 9.68. The van der Waals surface area contributed by atoms with E-state index in [1.165, 1.54) is 5.56 Å². The van der Waals surface area contributed by atoms with Gasteiger partial charge in [0.2, 0.25) is 0 Å². The third-order valence-electron chi connectivity index (χ3n) is 7.54. The van der Waals surface area contributed by atoms with Gasteiger partial charge < -0.3 is 24.7 Å². The number of carbonyl (C=O) groups is 1. The van der Waals surface area contributed by atoms with Crippen LogP contribution in [0, 0.1) is 11.8 Å². The summed E-state index contributed by atoms with van der Waals surface area (Å²) in [5.41, 5.74) is 6.45. The van der Waals surface area contributed by atoms with E-state index >= 15 is 0 Å². The Kier molecular flexibility index (Phi) is 4.82. The average Bonchev–Trinajstić information content (AvgIpc) is 3.44. The predicted molar refractivity (Wildman–Crippen MR) is 129 cm³/mol. The lowest BCUT2D eigenvalue weighted by Crippen LogP contribution is -2.27. The second-order valence-corrected chi connectivity index (χ2v) is 9.68. The number of hydrogen-bond donors (Lipinski definition) is 3. The summed E-state index contributed by atoms with van der Waals surface area (Å²) in [6, 6.07) is 8.16. The maximum absolute atomic E-state index is 13.2. The van der Waals surface area contributed by atoms with Gasteiger partial charge in [-0.15, -0.1) is 0 Å². The molecule has 4 bridgehead atoms. The number of para-hydroxylation sites is 1. The smallest absolute Gasteiger partial charge is 0.254 e. The summed E-state index contributed by atoms with van der Waals surface area (Å²) in [5.74, 6) is 0.355. The van der Waals surface area contributed by atoms with Gasteiger partial charge in [0.15, 0.2) is 6.23 Å². The summed E-state index contributed by atoms with van der Waals surface area (Å²) in [6.45, 7) is 3.91. The molecule has 6 heteroatoms. The first-order valence-corrected chi connectivity index (χ1v) is 11.9. The highest BCUT2D eigenvalue weighted by Gasteiger charge is 2.36. The number of aliphatic hydroxyl groups excluding tert-OH is 2. The number of nitrogens with one attached hydrogen (secondary N) is 1. The van der Waals surface area contributed by atoms with E-state index in [2.05, 4.69) is 58.1 Å². The first-order chi connectivity index (χ1) is 16.0. The molecular weight excluding hydrogens is 414 g/mol. The summed E-state index contributed by atoms with van der Waals surface area (Å²) in [6.07, 6.45) is 10.1. The van der Waals surface area contributed by atoms with Gasteiger partial charge in [-0.2, -0.15) is 0 Å². The Morgan fingerprint density at radius 2 is 1.85 bits per heavy atom. The zero-order chi connectivity index (χ0) is 22.7. The molecule has 6 rings (SSSR count). The quantitative estimate of drug-likeness (QED) is 0.539. The normalized spacial score (nSPS) is 24.7. The van der Waals surface area contributed by atoms with Crippen molar-refractivity contribution in [2.75, 3.05) is 6.61 Å². The van der Waals surface area contributed by atoms with Crippen molar-refractivity contribution in [3.05, 3.63) is 65.1 Å². The van der Waals surface area contributed by atoms with Crippen LogP contribution in [-0.2, 0) is 24.3 Å². The number of aromatic nitrogens is 2. The number of nitrogens with zero attached hydrogens (tertiary/aromatic N) is 2. The minimum absolute atomic E-state index is 0.158. The zero-order valence-corrected chi connectivity index (χ0v) is 18.8. The van der Waals surface area contributed by atoms with Crippen LogP contribution in [0.15, 0.2) is 42.7 Å². The van der Waals surface area contributed by atoms with E-state index in [1.54, 1.807) is 0 Å². The van der Waals surface area contributed by atoms with Crippen LogP contribution in [0.4, 0.5) is 0 Å². The number of rotatable bonds is 1. The lowest BCUT2D eigenvalue weighted by molar-refractivity contribution is -0.116. The first-order valence-electron chi connectivity index (χ1n) is 11.9. The van der Waals surface area contributed by atoms with Gasteiger partial charge in [-0.1, -0.05) is 31.2 Å². The number of amides is 1. The van der Waals surface area contributed by atoms with Crippen LogP contribution in [0.2, 0.25) is 0 Å². The van der Waals surface area contributed by atoms with Crippen LogP contribution >= 0.6 is 0 Å². The van der Waals surface area contributed by atoms with Gasteiger partial charge in [0.25, 0.3) is 5.91 Å². The predicted octanol–water partition coefficient (Wildman–Crippen LogP) is 3.41. The average molecular weight is 444 g/mol. The molecule has 4 heterocycles. The molecule has 6 nitrogen and oxygen atoms in total. The van der Waals surface area contributed by atoms with Gasteiger partial charge in [-0.05, 0) is 48.8 Å². The van der Waals surface area contributed by atoms with Crippen molar-refractivity contribution in [1.29, 1.82) is 0 Å². The molecule has 3 aromatic rings. The van der Waals surface area contributed by atoms with E-state index in [0.717, 1.165) is 60.1 Å². The number of allylic oxidation sites excluding steroid dienone is 1. The Morgan fingerprint density at radius 3 is 2.67 bits per heavy atom. The number of aliphatic hydroxyl groups is 2. The Hall–Kier alpha value is -3.09. The summed E-state index contributed by atoms with van der Waals surface area (Å²) in [5, 5.41) is 24.9. The second kappa shape index (κ2) is 7.75. The van der Waals surface area contributed by atoms with Gasteiger partial charge in [0.05, 0.1) is 5.57 Å². The van der Waals surface area contributed by atoms with E-state index in [4.69, 9.17) is 0 Å². The molecule has 0 radical (unpaired) electrons. The van der Waals surface area contributed by atoms with Crippen molar-refractivity contribution in [1.82, 2.24) is 14.5 Å². The third-order valence-corrected chi connectivity index (χ3v) is 7.54. The Morgan fingerprint density at radius 1 is 1.09 bits per heavy atom. The molecule has 2 aliphatic heterocycles. The Bertz CT molecular complexity index is 1330. The SMILES string of the molecule is CC1C=Cc2c(c3cn2CCC(CO)CCn2cc(c4ccccc42)C2=C3C(=O)NC2O)C1. The molecule has 3 N–H and O–H groups in total. The first kappa shape index (κ1) is 20.5. The highest BCUT2D eigenvalue weighted by Crippen LogP contribution is 2.41. The zero-order valence-electron chi connectivity index (χ0n) is 18.8. The monoisotopic (exact) mass is 443 g/mol. The maximum atomic E-state index is 13.2. The summed E-state index contributed by atoms with van der Waals surface area (Å²) in [7, 11) is 0. The minimum atomic E-state index is -1.04. The van der Waals surface area contributed by atoms with Crippen LogP contribution in [0.1, 0.15) is 42.1 Å². The van der Waals surface area contributed by atoms with Crippen LogP contribution < -0.4 is 5.32 Å². The third kappa shape index (κ3) is 3.20. The molecule has 33 heavy (non-hydrogen) atoms. The fourth-order valence-electron chi connectivity index (χ4n) is 5.76. The maximum Gasteiger partial charge on any atom is 0.254 e. The Labute approximate surface area is 192 Å². The number of benzene rings is 1. The van der Waals surface area contributed by atoms with Crippen molar-refractivity contribution >= 4 is 34.0 Å². The largest absolute Gasteiger partial charge is 0.396 e. The number of fused-ring (bicyclic) bond motifs is 12. The van der Waals surface area contributed by atoms with Crippen LogP contribution in [0.3, 0.4) is 0 Å². The molecule has 0 spiro atoms. The lowest BCUT2D eigenvalue weighted by Gasteiger charge is -2.19. The van der Waals surface area contributed by atoms with E-state index in [1.807, 2.05) is 12.1 Å². The van der Waals surface area contributed by atoms with Gasteiger partial charge in [-0.3, -0.25) is 4.79 Å². The summed E-state index contributed by atoms with van der Waals surface area (Å²) < 4.78 is 4.44. The van der Waals surface area contributed by atoms with Gasteiger partial charge >= 0.3 is 0 Å². The van der Waals surface area contributed by atoms with Crippen LogP contribution in [0.5, 0.6) is 0 Å². The van der Waals surface area contributed by atoms with Gasteiger partial charge in [-0.25, -0.2) is 0 Å². The van der Waals surface area contributed by atoms with Gasteiger partial charge in [0.1, 0.15) is 0 Å². The van der Waals surface area contributed by atoms with Crippen molar-refractivity contribution in [2.24, 2.45) is 11.8 Å². The molecule has 3 atom stereocenters. The van der Waals surface area contributed by atoms with E-state index < -0.39 is 6.23 Å². The standard InChI is InChI=1S/C27H29N3O3/c1-16-6-7-23-19(12-16)21-14-30(23)11-9-17(15-31)8-10-29-13-20(18-4-2-3-5-22(18)29)24-25(21)27(33)28-26(24)32/h2-7,13-14,16-17,26,31-32H,8-12,15H2,1H3,(H,28,33). The van der Waals surface area contributed by atoms with Crippen molar-refractivity contribution in [3.8, 4) is 0 Å². The fourth-order valence-corrected chi connectivity index (χ4v) is 5.76. The highest BCUT2D eigenvalue weighted by molar-refractivity contribution is 6.32. The molecule has 3 aliphatic rings. The van der Waals surface area contributed by atoms with E-state index in [-0.39, 0.29) is 18.4 Å². The summed E-state index contributed by atoms with van der Waals surface area (Å²) >= 11 is 0. The molecule has 3 unspecified atom stereocenters. The van der Waals surface area contributed by atoms with Crippen molar-refractivity contribution in [2.45, 2.75) is 45.5 Å². The van der Waals surface area contributed by atoms with Crippen molar-refractivity contribution < 1.29 is 15.0 Å². The van der Waals surface area contributed by atoms with Gasteiger partial charge in [0, 0.05) is 65.4 Å². The summed E-state index contributed by atoms with van der Waals surface area (Å²) in [4.78, 5) is 13.2. The number of hydrogen-bond acceptors (Lipinski definition) is 3. The van der Waals surface area contributed by atoms with Crippen LogP contribution in [-0.4, -0.2) is 38.1 Å². The fraction of sp³-hybridized carbons (Fsp3) is 0.370. The molecule has 2 aromatic heterocycles. The van der Waals surface area contributed by atoms with Crippen LogP contribution in [0.25, 0.3) is 28.1 Å². The Balaban J connectivity index is 1.66. The van der Waals surface area contributed by atoms with E-state index in [9.17, 15) is 15.0 Å². The highest BCUT2D eigenvalue weighted by atomic mass is 16.3. The lowest BCUT2D eigenvalue weighted by atomic mass is 9.88. The van der Waals surface area contributed by atoms with E-state index in [0.29, 0.717) is 17.1 Å². The van der Waals surface area contributed by atoms with Crippen molar-refractivity contribution in [3.63, 3.8) is 0 Å². The number of carbonyl (C=O) groups excluding carboxylic acids is 1. The molecule has 0 saturated carbocycles. The molecule has 0 saturated heterocycles. The molecular formula is C27H29N3O3. The number of aryl methyl sites for hydroxylation is 2. The molecule has 0 fully saturated rings. The molecule has 170 valence electrons. The topological polar surface area (TPSA) is 79.4 Å². The molecule has 1 aromatic carbocycles. The molecule has 1 aliphatic carbocycles. The molecule has 1 amide bonds.